The van der Waals surface area contributed by atoms with Gasteiger partial charge in [-0.15, -0.1) is 0 Å². The minimum Gasteiger partial charge on any atom is -0.865 e. The molecule has 0 aromatic carbocycles. The van der Waals surface area contributed by atoms with Gasteiger partial charge in [-0.25, -0.2) is 18.9 Å². The standard InChI is InChI=1S/3C3H6O2.6Na/c3*1-2-3(4)5;;;;;;/h3*3H,2H2,1H3;;;;;;/q3*-2;6*+1. The molecule has 96 valence electrons. The molecule has 0 atom stereocenters. The molecule has 0 aromatic rings. The van der Waals surface area contributed by atoms with Gasteiger partial charge in [0.25, 0.3) is 0 Å². The van der Waals surface area contributed by atoms with E-state index in [9.17, 15) is 30.6 Å². The number of hydrogen-bond donors (Lipinski definition) is 0. The molecular weight excluding hydrogens is 342 g/mol. The van der Waals surface area contributed by atoms with E-state index in [-0.39, 0.29) is 197 Å². The van der Waals surface area contributed by atoms with Crippen molar-refractivity contribution in [1.82, 2.24) is 0 Å². The van der Waals surface area contributed by atoms with Crippen molar-refractivity contribution in [2.75, 3.05) is 0 Å². The molecule has 6 nitrogen and oxygen atoms in total. The summed E-state index contributed by atoms with van der Waals surface area (Å²) in [4.78, 5) is 0. The van der Waals surface area contributed by atoms with E-state index in [1.54, 1.807) is 20.8 Å². The maximum Gasteiger partial charge on any atom is 1.00 e. The van der Waals surface area contributed by atoms with E-state index in [0.29, 0.717) is 0 Å². The summed E-state index contributed by atoms with van der Waals surface area (Å²) in [5.74, 6) is 0. The molecule has 21 heavy (non-hydrogen) atoms. The zero-order valence-corrected chi connectivity index (χ0v) is 27.3. The molecule has 0 amide bonds. The van der Waals surface area contributed by atoms with E-state index in [2.05, 4.69) is 0 Å². The first-order valence-electron chi connectivity index (χ1n) is 4.76. The van der Waals surface area contributed by atoms with Crippen molar-refractivity contribution in [2.24, 2.45) is 0 Å². The third-order valence-corrected chi connectivity index (χ3v) is 1.00. The molecule has 0 saturated heterocycles. The first-order valence-corrected chi connectivity index (χ1v) is 4.76. The van der Waals surface area contributed by atoms with Crippen LogP contribution in [-0.2, 0) is 0 Å². The van der Waals surface area contributed by atoms with E-state index < -0.39 is 18.9 Å². The SMILES string of the molecule is CCC([O-])[O-].CCC([O-])[O-].CCC([O-])[O-].[Na+].[Na+].[Na+].[Na+].[Na+].[Na+]. The van der Waals surface area contributed by atoms with Crippen LogP contribution in [0.3, 0.4) is 0 Å². The van der Waals surface area contributed by atoms with Crippen LogP contribution in [0.5, 0.6) is 0 Å². The summed E-state index contributed by atoms with van der Waals surface area (Å²) in [6.07, 6.45) is -4.26. The second kappa shape index (κ2) is 50.1. The molecule has 0 saturated carbocycles. The Morgan fingerprint density at radius 1 is 0.429 bits per heavy atom. The van der Waals surface area contributed by atoms with E-state index >= 15 is 0 Å². The molecule has 0 aliphatic carbocycles. The van der Waals surface area contributed by atoms with Gasteiger partial charge in [0, 0.05) is 0 Å². The summed E-state index contributed by atoms with van der Waals surface area (Å²) in [7, 11) is 0. The quantitative estimate of drug-likeness (QED) is 0.362. The fourth-order valence-electron chi connectivity index (χ4n) is 0. The predicted octanol–water partition coefficient (Wildman–Crippen LogP) is -22.6. The van der Waals surface area contributed by atoms with Gasteiger partial charge in [-0.1, -0.05) is 40.0 Å². The summed E-state index contributed by atoms with van der Waals surface area (Å²) in [6.45, 7) is 4.72. The average Bonchev–Trinajstić information content (AvgIpc) is 2.19. The Kier molecular flexibility index (Phi) is 134. The van der Waals surface area contributed by atoms with Gasteiger partial charge in [-0.05, 0) is 0 Å². The maximum absolute atomic E-state index is 9.34. The van der Waals surface area contributed by atoms with E-state index in [4.69, 9.17) is 0 Å². The Balaban J connectivity index is -0.0000000129. The summed E-state index contributed by atoms with van der Waals surface area (Å²) in [6, 6.07) is 0. The average molecular weight is 360 g/mol. The summed E-state index contributed by atoms with van der Waals surface area (Å²) in [5, 5.41) is 56.0. The van der Waals surface area contributed by atoms with Crippen molar-refractivity contribution in [3.63, 3.8) is 0 Å². The van der Waals surface area contributed by atoms with Gasteiger partial charge in [0.2, 0.25) is 0 Å². The molecule has 0 fully saturated rings. The molecule has 0 aromatic heterocycles. The summed E-state index contributed by atoms with van der Waals surface area (Å²) in [5.41, 5.74) is 0. The molecular formula is C9H18Na6O6. The molecule has 0 unspecified atom stereocenters. The first kappa shape index (κ1) is 56.3. The van der Waals surface area contributed by atoms with Crippen LogP contribution in [0, 0.1) is 0 Å². The van der Waals surface area contributed by atoms with Gasteiger partial charge in [0.1, 0.15) is 0 Å². The maximum atomic E-state index is 9.34. The van der Waals surface area contributed by atoms with Gasteiger partial charge >= 0.3 is 177 Å². The molecule has 0 bridgehead atoms. The van der Waals surface area contributed by atoms with Crippen LogP contribution in [0.2, 0.25) is 0 Å². The van der Waals surface area contributed by atoms with Crippen LogP contribution >= 0.6 is 0 Å². The van der Waals surface area contributed by atoms with Gasteiger partial charge in [0.05, 0.1) is 0 Å². The van der Waals surface area contributed by atoms with Crippen molar-refractivity contribution >= 4 is 0 Å². The normalized spacial score (nSPS) is 6.86. The zero-order valence-electron chi connectivity index (χ0n) is 15.3. The molecule has 0 heterocycles. The van der Waals surface area contributed by atoms with Crippen molar-refractivity contribution in [3.8, 4) is 0 Å². The zero-order chi connectivity index (χ0) is 12.9. The molecule has 0 aliphatic rings. The minimum atomic E-state index is -1.62. The summed E-state index contributed by atoms with van der Waals surface area (Å²) < 4.78 is 0. The molecule has 0 spiro atoms. The molecule has 12 heteroatoms. The van der Waals surface area contributed by atoms with Crippen molar-refractivity contribution in [2.45, 2.75) is 58.9 Å². The van der Waals surface area contributed by atoms with Crippen molar-refractivity contribution < 1.29 is 208 Å². The van der Waals surface area contributed by atoms with Gasteiger partial charge in [-0.3, -0.25) is 0 Å². The first-order chi connectivity index (χ1) is 6.81. The van der Waals surface area contributed by atoms with Crippen molar-refractivity contribution in [1.29, 1.82) is 0 Å². The third-order valence-electron chi connectivity index (χ3n) is 1.00. The smallest absolute Gasteiger partial charge is 0.865 e. The molecule has 0 aliphatic heterocycles. The fourth-order valence-corrected chi connectivity index (χ4v) is 0. The minimum absolute atomic E-state index is 0. The topological polar surface area (TPSA) is 138 Å². The van der Waals surface area contributed by atoms with Crippen LogP contribution in [0.25, 0.3) is 0 Å². The molecule has 0 radical (unpaired) electrons. The van der Waals surface area contributed by atoms with Gasteiger partial charge in [-0.2, -0.15) is 0 Å². The van der Waals surface area contributed by atoms with Crippen LogP contribution in [-0.4, -0.2) is 18.9 Å². The Morgan fingerprint density at radius 3 is 0.476 bits per heavy atom. The van der Waals surface area contributed by atoms with Crippen LogP contribution < -0.4 is 208 Å². The van der Waals surface area contributed by atoms with E-state index in [0.717, 1.165) is 0 Å². The Labute approximate surface area is 261 Å². The van der Waals surface area contributed by atoms with Gasteiger partial charge < -0.3 is 30.6 Å². The van der Waals surface area contributed by atoms with Crippen LogP contribution in [0.1, 0.15) is 40.0 Å². The Morgan fingerprint density at radius 2 is 0.476 bits per heavy atom. The molecule has 0 rings (SSSR count). The van der Waals surface area contributed by atoms with Crippen LogP contribution in [0.4, 0.5) is 0 Å². The fraction of sp³-hybridized carbons (Fsp3) is 1.00. The number of hydrogen-bond acceptors (Lipinski definition) is 6. The van der Waals surface area contributed by atoms with E-state index in [1.165, 1.54) is 0 Å². The number of rotatable bonds is 3. The summed E-state index contributed by atoms with van der Waals surface area (Å²) >= 11 is 0. The largest absolute Gasteiger partial charge is 1.00 e. The molecule has 0 N–H and O–H groups in total. The monoisotopic (exact) mass is 360 g/mol. The second-order valence-electron chi connectivity index (χ2n) is 2.51. The Hall–Kier alpha value is 5.76. The predicted molar refractivity (Wildman–Crippen MR) is 42.2 cm³/mol. The van der Waals surface area contributed by atoms with Crippen LogP contribution in [0.15, 0.2) is 0 Å². The van der Waals surface area contributed by atoms with E-state index in [1.807, 2.05) is 0 Å². The second-order valence-corrected chi connectivity index (χ2v) is 2.51. The third kappa shape index (κ3) is 105. The van der Waals surface area contributed by atoms with Gasteiger partial charge in [0.15, 0.2) is 0 Å². The Bertz CT molecular complexity index is 93.7. The van der Waals surface area contributed by atoms with Crippen molar-refractivity contribution in [3.05, 3.63) is 0 Å².